The Morgan fingerprint density at radius 3 is 2.47 bits per heavy atom. The number of hydrogen-bond acceptors (Lipinski definition) is 5. The maximum atomic E-state index is 12.6. The molecule has 1 aliphatic carbocycles. The van der Waals surface area contributed by atoms with Crippen molar-refractivity contribution in [3.05, 3.63) is 65.6 Å². The van der Waals surface area contributed by atoms with Gasteiger partial charge in [0.2, 0.25) is 10.0 Å². The maximum Gasteiger partial charge on any atom is 0.240 e. The van der Waals surface area contributed by atoms with E-state index in [1.807, 2.05) is 16.8 Å². The standard InChI is InChI=1S/C22H24N4O3S/c1-16(27)17-6-8-19(9-7-17)30(28,29)24-14-15-26-21-5-3-2-4-20(21)22(25-26)18-10-12-23-13-11-18/h6-13,24H,2-5,14-15H2,1H3. The van der Waals surface area contributed by atoms with Crippen molar-refractivity contribution in [2.75, 3.05) is 6.54 Å². The number of pyridine rings is 1. The number of ketones is 1. The van der Waals surface area contributed by atoms with Gasteiger partial charge in [0.25, 0.3) is 0 Å². The molecule has 0 amide bonds. The number of sulfonamides is 1. The van der Waals surface area contributed by atoms with Crippen molar-refractivity contribution in [1.29, 1.82) is 0 Å². The summed E-state index contributed by atoms with van der Waals surface area (Å²) < 4.78 is 29.8. The average molecular weight is 425 g/mol. The molecule has 0 saturated carbocycles. The van der Waals surface area contributed by atoms with E-state index in [0.717, 1.165) is 36.9 Å². The Morgan fingerprint density at radius 1 is 1.07 bits per heavy atom. The Bertz CT molecular complexity index is 1150. The van der Waals surface area contributed by atoms with Crippen molar-refractivity contribution < 1.29 is 13.2 Å². The van der Waals surface area contributed by atoms with Gasteiger partial charge in [-0.15, -0.1) is 0 Å². The minimum atomic E-state index is -3.65. The quantitative estimate of drug-likeness (QED) is 0.589. The van der Waals surface area contributed by atoms with Crippen LogP contribution in [-0.2, 0) is 29.4 Å². The summed E-state index contributed by atoms with van der Waals surface area (Å²) in [5.41, 5.74) is 4.94. The molecule has 2 heterocycles. The van der Waals surface area contributed by atoms with Gasteiger partial charge in [0.1, 0.15) is 0 Å². The Hall–Kier alpha value is -2.84. The Kier molecular flexibility index (Phi) is 5.78. The van der Waals surface area contributed by atoms with Gasteiger partial charge in [-0.1, -0.05) is 12.1 Å². The predicted octanol–water partition coefficient (Wildman–Crippen LogP) is 3.01. The lowest BCUT2D eigenvalue weighted by Gasteiger charge is -2.14. The van der Waals surface area contributed by atoms with Crippen LogP contribution < -0.4 is 4.72 Å². The third-order valence-electron chi connectivity index (χ3n) is 5.40. The second-order valence-corrected chi connectivity index (χ2v) is 9.19. The topological polar surface area (TPSA) is 94.0 Å². The molecule has 0 spiro atoms. The molecule has 0 unspecified atom stereocenters. The smallest absolute Gasteiger partial charge is 0.240 e. The summed E-state index contributed by atoms with van der Waals surface area (Å²) in [6.45, 7) is 2.14. The first-order chi connectivity index (χ1) is 14.5. The summed E-state index contributed by atoms with van der Waals surface area (Å²) in [7, 11) is -3.65. The lowest BCUT2D eigenvalue weighted by molar-refractivity contribution is 0.101. The molecule has 1 aliphatic rings. The van der Waals surface area contributed by atoms with Gasteiger partial charge in [0, 0.05) is 41.3 Å². The zero-order chi connectivity index (χ0) is 21.1. The van der Waals surface area contributed by atoms with Gasteiger partial charge in [-0.25, -0.2) is 13.1 Å². The van der Waals surface area contributed by atoms with E-state index in [2.05, 4.69) is 9.71 Å². The van der Waals surface area contributed by atoms with Crippen molar-refractivity contribution in [3.63, 3.8) is 0 Å². The molecule has 0 atom stereocenters. The molecule has 0 aliphatic heterocycles. The van der Waals surface area contributed by atoms with Gasteiger partial charge >= 0.3 is 0 Å². The van der Waals surface area contributed by atoms with Gasteiger partial charge in [-0.2, -0.15) is 5.10 Å². The molecular formula is C22H24N4O3S. The van der Waals surface area contributed by atoms with Gasteiger partial charge in [-0.05, 0) is 56.9 Å². The largest absolute Gasteiger partial charge is 0.295 e. The van der Waals surface area contributed by atoms with E-state index in [1.54, 1.807) is 12.4 Å². The number of hydrogen-bond donors (Lipinski definition) is 1. The zero-order valence-electron chi connectivity index (χ0n) is 16.8. The molecule has 0 bridgehead atoms. The highest BCUT2D eigenvalue weighted by Crippen LogP contribution is 2.30. The number of aromatic nitrogens is 3. The first-order valence-corrected chi connectivity index (χ1v) is 11.5. The van der Waals surface area contributed by atoms with Crippen molar-refractivity contribution in [2.24, 2.45) is 0 Å². The van der Waals surface area contributed by atoms with Gasteiger partial charge in [0.15, 0.2) is 5.78 Å². The van der Waals surface area contributed by atoms with E-state index in [4.69, 9.17) is 5.10 Å². The van der Waals surface area contributed by atoms with Crippen LogP contribution in [0.2, 0.25) is 0 Å². The van der Waals surface area contributed by atoms with Crippen LogP contribution in [0.5, 0.6) is 0 Å². The molecular weight excluding hydrogens is 400 g/mol. The summed E-state index contributed by atoms with van der Waals surface area (Å²) in [5, 5.41) is 4.80. The molecule has 4 rings (SSSR count). The zero-order valence-corrected chi connectivity index (χ0v) is 17.7. The highest BCUT2D eigenvalue weighted by atomic mass is 32.2. The molecule has 8 heteroatoms. The van der Waals surface area contributed by atoms with Crippen LogP contribution in [0.4, 0.5) is 0 Å². The molecule has 0 fully saturated rings. The summed E-state index contributed by atoms with van der Waals surface area (Å²) in [5.74, 6) is -0.0969. The second-order valence-electron chi connectivity index (χ2n) is 7.42. The van der Waals surface area contributed by atoms with Crippen molar-refractivity contribution in [2.45, 2.75) is 44.0 Å². The fourth-order valence-electron chi connectivity index (χ4n) is 3.84. The molecule has 0 radical (unpaired) electrons. The van der Waals surface area contributed by atoms with Crippen LogP contribution in [-0.4, -0.2) is 35.5 Å². The number of nitrogens with one attached hydrogen (secondary N) is 1. The van der Waals surface area contributed by atoms with E-state index in [1.165, 1.54) is 42.4 Å². The van der Waals surface area contributed by atoms with Gasteiger partial charge < -0.3 is 0 Å². The number of Topliss-reactive ketones (excluding diaryl/α,β-unsaturated/α-hetero) is 1. The summed E-state index contributed by atoms with van der Waals surface area (Å²) >= 11 is 0. The number of rotatable bonds is 7. The first kappa shape index (κ1) is 20.4. The van der Waals surface area contributed by atoms with Crippen molar-refractivity contribution in [1.82, 2.24) is 19.5 Å². The monoisotopic (exact) mass is 424 g/mol. The number of fused-ring (bicyclic) bond motifs is 1. The summed E-state index contributed by atoms with van der Waals surface area (Å²) in [6.07, 6.45) is 7.71. The van der Waals surface area contributed by atoms with Crippen LogP contribution in [0.25, 0.3) is 11.3 Å². The maximum absolute atomic E-state index is 12.6. The molecule has 1 aromatic carbocycles. The summed E-state index contributed by atoms with van der Waals surface area (Å²) in [6, 6.07) is 9.88. The summed E-state index contributed by atoms with van der Waals surface area (Å²) in [4.78, 5) is 15.6. The van der Waals surface area contributed by atoms with Crippen LogP contribution in [0.3, 0.4) is 0 Å². The first-order valence-electron chi connectivity index (χ1n) is 10.1. The molecule has 0 saturated heterocycles. The Morgan fingerprint density at radius 2 is 1.77 bits per heavy atom. The van der Waals surface area contributed by atoms with E-state index in [0.29, 0.717) is 12.1 Å². The number of nitrogens with zero attached hydrogens (tertiary/aromatic N) is 3. The lowest BCUT2D eigenvalue weighted by Crippen LogP contribution is -2.28. The lowest BCUT2D eigenvalue weighted by atomic mass is 9.94. The fraction of sp³-hybridized carbons (Fsp3) is 0.318. The van der Waals surface area contributed by atoms with Gasteiger partial charge in [0.05, 0.1) is 17.1 Å². The van der Waals surface area contributed by atoms with Crippen molar-refractivity contribution in [3.8, 4) is 11.3 Å². The van der Waals surface area contributed by atoms with Crippen molar-refractivity contribution >= 4 is 15.8 Å². The Balaban J connectivity index is 1.50. The third-order valence-corrected chi connectivity index (χ3v) is 6.87. The SMILES string of the molecule is CC(=O)c1ccc(S(=O)(=O)NCCn2nc(-c3ccncc3)c3c2CCCC3)cc1. The predicted molar refractivity (Wildman–Crippen MR) is 114 cm³/mol. The second kappa shape index (κ2) is 8.49. The number of benzene rings is 1. The van der Waals surface area contributed by atoms with E-state index < -0.39 is 10.0 Å². The van der Waals surface area contributed by atoms with E-state index in [-0.39, 0.29) is 17.2 Å². The highest BCUT2D eigenvalue weighted by molar-refractivity contribution is 7.89. The molecule has 3 aromatic rings. The molecule has 2 aromatic heterocycles. The van der Waals surface area contributed by atoms with Gasteiger partial charge in [-0.3, -0.25) is 14.5 Å². The normalized spacial score (nSPS) is 13.8. The average Bonchev–Trinajstić information content (AvgIpc) is 3.13. The third kappa shape index (κ3) is 4.20. The van der Waals surface area contributed by atoms with Crippen LogP contribution in [0.1, 0.15) is 41.4 Å². The fourth-order valence-corrected chi connectivity index (χ4v) is 4.86. The minimum Gasteiger partial charge on any atom is -0.295 e. The molecule has 7 nitrogen and oxygen atoms in total. The van der Waals surface area contributed by atoms with E-state index in [9.17, 15) is 13.2 Å². The van der Waals surface area contributed by atoms with Crippen LogP contribution in [0, 0.1) is 0 Å². The number of carbonyl (C=O) groups is 1. The molecule has 30 heavy (non-hydrogen) atoms. The minimum absolute atomic E-state index is 0.0969. The molecule has 1 N–H and O–H groups in total. The van der Waals surface area contributed by atoms with Crippen LogP contribution >= 0.6 is 0 Å². The van der Waals surface area contributed by atoms with E-state index >= 15 is 0 Å². The number of carbonyl (C=O) groups excluding carboxylic acids is 1. The highest BCUT2D eigenvalue weighted by Gasteiger charge is 2.22. The Labute approximate surface area is 176 Å². The molecule has 156 valence electrons. The van der Waals surface area contributed by atoms with Crippen LogP contribution in [0.15, 0.2) is 53.7 Å².